The number of nitrogens with one attached hydrogen (secondary N) is 1. The van der Waals surface area contributed by atoms with Gasteiger partial charge in [-0.05, 0) is 37.5 Å². The molecular formula is C26H37NO10. The Morgan fingerprint density at radius 2 is 1.57 bits per heavy atom. The van der Waals surface area contributed by atoms with Gasteiger partial charge >= 0.3 is 17.9 Å². The average molecular weight is 524 g/mol. The molecule has 0 saturated carbocycles. The molecule has 5 atom stereocenters. The Labute approximate surface area is 217 Å². The molecule has 1 fully saturated rings. The van der Waals surface area contributed by atoms with Gasteiger partial charge in [0.2, 0.25) is 5.91 Å². The van der Waals surface area contributed by atoms with E-state index in [0.717, 1.165) is 11.3 Å². The van der Waals surface area contributed by atoms with Gasteiger partial charge < -0.3 is 33.7 Å². The number of rotatable bonds is 13. The van der Waals surface area contributed by atoms with Crippen LogP contribution in [0.15, 0.2) is 24.3 Å². The molecule has 1 unspecified atom stereocenters. The fourth-order valence-electron chi connectivity index (χ4n) is 3.90. The second kappa shape index (κ2) is 15.2. The zero-order chi connectivity index (χ0) is 27.4. The van der Waals surface area contributed by atoms with Crippen LogP contribution in [-0.4, -0.2) is 74.3 Å². The smallest absolute Gasteiger partial charge is 0.303 e. The zero-order valence-electron chi connectivity index (χ0n) is 22.0. The summed E-state index contributed by atoms with van der Waals surface area (Å²) in [6.07, 6.45) is -3.07. The van der Waals surface area contributed by atoms with Gasteiger partial charge in [0.25, 0.3) is 0 Å². The highest BCUT2D eigenvalue weighted by molar-refractivity contribution is 5.76. The van der Waals surface area contributed by atoms with Crippen molar-refractivity contribution in [3.8, 4) is 5.75 Å². The SMILES string of the molecule is CCCC(=O)N[C@H]1C(OCCc2ccc(OCC)cc2)O[C@H](COC(C)=O)[C@@H](OC(C)=O)[C@@H]1OC(C)=O. The predicted octanol–water partition coefficient (Wildman–Crippen LogP) is 2.08. The number of benzene rings is 1. The summed E-state index contributed by atoms with van der Waals surface area (Å²) in [7, 11) is 0. The van der Waals surface area contributed by atoms with E-state index in [1.165, 1.54) is 20.8 Å². The van der Waals surface area contributed by atoms with Crippen LogP contribution < -0.4 is 10.1 Å². The van der Waals surface area contributed by atoms with E-state index in [1.54, 1.807) is 0 Å². The molecule has 0 aliphatic carbocycles. The van der Waals surface area contributed by atoms with Gasteiger partial charge in [0.15, 0.2) is 18.5 Å². The minimum Gasteiger partial charge on any atom is -0.494 e. The first kappa shape index (κ1) is 30.0. The first-order valence-electron chi connectivity index (χ1n) is 12.4. The molecule has 0 aromatic heterocycles. The number of ether oxygens (including phenoxy) is 6. The summed E-state index contributed by atoms with van der Waals surface area (Å²) < 4.78 is 33.6. The first-order valence-corrected chi connectivity index (χ1v) is 12.4. The van der Waals surface area contributed by atoms with Crippen molar-refractivity contribution < 1.29 is 47.6 Å². The van der Waals surface area contributed by atoms with E-state index in [2.05, 4.69) is 5.32 Å². The van der Waals surface area contributed by atoms with Crippen molar-refractivity contribution in [2.75, 3.05) is 19.8 Å². The lowest BCUT2D eigenvalue weighted by Crippen LogP contribution is -2.66. The largest absolute Gasteiger partial charge is 0.494 e. The maximum absolute atomic E-state index is 12.5. The summed E-state index contributed by atoms with van der Waals surface area (Å²) in [4.78, 5) is 47.9. The van der Waals surface area contributed by atoms with Gasteiger partial charge in [-0.3, -0.25) is 19.2 Å². The van der Waals surface area contributed by atoms with E-state index < -0.39 is 48.6 Å². The molecule has 1 heterocycles. The molecule has 1 aliphatic heterocycles. The van der Waals surface area contributed by atoms with Crippen LogP contribution in [0.1, 0.15) is 53.0 Å². The van der Waals surface area contributed by atoms with Crippen LogP contribution in [0.25, 0.3) is 0 Å². The van der Waals surface area contributed by atoms with Gasteiger partial charge in [-0.2, -0.15) is 0 Å². The van der Waals surface area contributed by atoms with Crippen molar-refractivity contribution in [1.82, 2.24) is 5.32 Å². The predicted molar refractivity (Wildman–Crippen MR) is 131 cm³/mol. The molecule has 0 spiro atoms. The van der Waals surface area contributed by atoms with E-state index >= 15 is 0 Å². The van der Waals surface area contributed by atoms with E-state index in [1.807, 2.05) is 38.1 Å². The quantitative estimate of drug-likeness (QED) is 0.302. The van der Waals surface area contributed by atoms with Crippen LogP contribution in [0.4, 0.5) is 0 Å². The minimum absolute atomic E-state index is 0.199. The molecule has 1 amide bonds. The summed E-state index contributed by atoms with van der Waals surface area (Å²) in [5.74, 6) is -1.44. The lowest BCUT2D eigenvalue weighted by atomic mass is 9.95. The standard InChI is InChI=1S/C26H37NO10/c1-6-8-22(31)27-23-25(36-18(5)30)24(35-17(4)29)21(15-34-16(3)28)37-26(23)33-14-13-19-9-11-20(12-10-19)32-7-2/h9-12,21,23-26H,6-8,13-15H2,1-5H3,(H,27,31)/t21-,23-,24-,25-,26?/m1/s1. The molecule has 0 radical (unpaired) electrons. The maximum atomic E-state index is 12.5. The van der Waals surface area contributed by atoms with Crippen LogP contribution in [0, 0.1) is 0 Å². The third-order valence-corrected chi connectivity index (χ3v) is 5.41. The Bertz CT molecular complexity index is 903. The number of hydrogen-bond donors (Lipinski definition) is 1. The second-order valence-electron chi connectivity index (χ2n) is 8.53. The molecule has 1 aromatic carbocycles. The Balaban J connectivity index is 2.28. The summed E-state index contributed by atoms with van der Waals surface area (Å²) in [6.45, 7) is 7.87. The second-order valence-corrected chi connectivity index (χ2v) is 8.53. The minimum atomic E-state index is -1.15. The summed E-state index contributed by atoms with van der Waals surface area (Å²) in [5, 5.41) is 2.80. The fourth-order valence-corrected chi connectivity index (χ4v) is 3.90. The van der Waals surface area contributed by atoms with Gasteiger partial charge in [0, 0.05) is 27.2 Å². The lowest BCUT2D eigenvalue weighted by Gasteiger charge is -2.45. The van der Waals surface area contributed by atoms with E-state index in [9.17, 15) is 19.2 Å². The lowest BCUT2D eigenvalue weighted by molar-refractivity contribution is -0.277. The van der Waals surface area contributed by atoms with Gasteiger partial charge in [-0.25, -0.2) is 0 Å². The van der Waals surface area contributed by atoms with Crippen LogP contribution in [-0.2, 0) is 49.3 Å². The van der Waals surface area contributed by atoms with Crippen molar-refractivity contribution in [2.24, 2.45) is 0 Å². The molecule has 37 heavy (non-hydrogen) atoms. The molecule has 1 aromatic rings. The topological polar surface area (TPSA) is 136 Å². The van der Waals surface area contributed by atoms with Gasteiger partial charge in [-0.15, -0.1) is 0 Å². The third-order valence-electron chi connectivity index (χ3n) is 5.41. The number of esters is 3. The normalized spacial score (nSPS) is 23.0. The van der Waals surface area contributed by atoms with Crippen molar-refractivity contribution >= 4 is 23.8 Å². The van der Waals surface area contributed by atoms with Crippen molar-refractivity contribution in [2.45, 2.75) is 84.5 Å². The van der Waals surface area contributed by atoms with E-state index in [-0.39, 0.29) is 25.5 Å². The number of amides is 1. The maximum Gasteiger partial charge on any atom is 0.303 e. The molecule has 1 N–H and O–H groups in total. The van der Waals surface area contributed by atoms with Crippen molar-refractivity contribution in [1.29, 1.82) is 0 Å². The molecule has 0 bridgehead atoms. The molecule has 206 valence electrons. The average Bonchev–Trinajstić information content (AvgIpc) is 2.82. The summed E-state index contributed by atoms with van der Waals surface area (Å²) >= 11 is 0. The summed E-state index contributed by atoms with van der Waals surface area (Å²) in [5.41, 5.74) is 0.983. The monoisotopic (exact) mass is 523 g/mol. The Hall–Kier alpha value is -3.18. The number of carbonyl (C=O) groups excluding carboxylic acids is 4. The van der Waals surface area contributed by atoms with Crippen molar-refractivity contribution in [3.63, 3.8) is 0 Å². The molecule has 2 rings (SSSR count). The van der Waals surface area contributed by atoms with Crippen LogP contribution in [0.5, 0.6) is 5.75 Å². The highest BCUT2D eigenvalue weighted by Gasteiger charge is 2.51. The first-order chi connectivity index (χ1) is 17.6. The fraction of sp³-hybridized carbons (Fsp3) is 0.615. The molecular weight excluding hydrogens is 486 g/mol. The highest BCUT2D eigenvalue weighted by Crippen LogP contribution is 2.28. The van der Waals surface area contributed by atoms with E-state index in [4.69, 9.17) is 28.4 Å². The van der Waals surface area contributed by atoms with Crippen LogP contribution in [0.2, 0.25) is 0 Å². The molecule has 11 heteroatoms. The van der Waals surface area contributed by atoms with Gasteiger partial charge in [0.05, 0.1) is 13.2 Å². The number of hydrogen-bond acceptors (Lipinski definition) is 10. The highest BCUT2D eigenvalue weighted by atomic mass is 16.7. The van der Waals surface area contributed by atoms with Crippen LogP contribution in [0.3, 0.4) is 0 Å². The summed E-state index contributed by atoms with van der Waals surface area (Å²) in [6, 6.07) is 6.57. The molecule has 11 nitrogen and oxygen atoms in total. The Morgan fingerprint density at radius 3 is 2.14 bits per heavy atom. The Kier molecular flexibility index (Phi) is 12.3. The van der Waals surface area contributed by atoms with Crippen molar-refractivity contribution in [3.05, 3.63) is 29.8 Å². The van der Waals surface area contributed by atoms with Gasteiger partial charge in [0.1, 0.15) is 24.5 Å². The van der Waals surface area contributed by atoms with Gasteiger partial charge in [-0.1, -0.05) is 19.1 Å². The molecule has 1 saturated heterocycles. The Morgan fingerprint density at radius 1 is 0.919 bits per heavy atom. The molecule has 1 aliphatic rings. The number of carbonyl (C=O) groups is 4. The zero-order valence-corrected chi connectivity index (χ0v) is 22.0. The van der Waals surface area contributed by atoms with Crippen LogP contribution >= 0.6 is 0 Å². The van der Waals surface area contributed by atoms with E-state index in [0.29, 0.717) is 19.4 Å². The third kappa shape index (κ3) is 10.0.